The van der Waals surface area contributed by atoms with Gasteiger partial charge < -0.3 is 8.85 Å². The van der Waals surface area contributed by atoms with E-state index in [-0.39, 0.29) is 0 Å². The maximum Gasteiger partial charge on any atom is 0.187 e. The summed E-state index contributed by atoms with van der Waals surface area (Å²) in [5, 5.41) is 0. The van der Waals surface area contributed by atoms with Crippen LogP contribution in [-0.4, -0.2) is 22.4 Å². The fourth-order valence-corrected chi connectivity index (χ4v) is 4.09. The molecule has 0 aliphatic rings. The van der Waals surface area contributed by atoms with Crippen molar-refractivity contribution < 1.29 is 8.85 Å². The molecule has 0 N–H and O–H groups in total. The summed E-state index contributed by atoms with van der Waals surface area (Å²) in [5.41, 5.74) is 0. The highest BCUT2D eigenvalue weighted by Crippen LogP contribution is 2.24. The van der Waals surface area contributed by atoms with Gasteiger partial charge in [-0.05, 0) is 52.3 Å². The molecular weight excluding hydrogens is 208 g/mol. The Labute approximate surface area is 90.6 Å². The summed E-state index contributed by atoms with van der Waals surface area (Å²) in [6, 6.07) is 0. The molecule has 0 amide bonds. The lowest BCUT2D eigenvalue weighted by molar-refractivity contribution is -0.0674. The Hall–Kier alpha value is 0.0938. The van der Waals surface area contributed by atoms with Crippen molar-refractivity contribution in [3.63, 3.8) is 0 Å². The van der Waals surface area contributed by atoms with Crippen LogP contribution in [-0.2, 0) is 8.85 Å². The highest BCUT2D eigenvalue weighted by Gasteiger charge is 2.34. The normalized spacial score (nSPS) is 14.2. The third-order valence-corrected chi connectivity index (χ3v) is 3.42. The highest BCUT2D eigenvalue weighted by molar-refractivity contribution is 6.71. The van der Waals surface area contributed by atoms with Crippen molar-refractivity contribution in [1.29, 1.82) is 0 Å². The summed E-state index contributed by atoms with van der Waals surface area (Å²) < 4.78 is 12.0. The van der Waals surface area contributed by atoms with Gasteiger partial charge in [-0.3, -0.25) is 0 Å². The Balaban J connectivity index is 4.57. The van der Waals surface area contributed by atoms with Gasteiger partial charge in [0.05, 0.1) is 0 Å². The van der Waals surface area contributed by atoms with Gasteiger partial charge in [0, 0.05) is 0 Å². The first-order valence-corrected chi connectivity index (χ1v) is 11.8. The lowest BCUT2D eigenvalue weighted by atomic mass is 10.3. The molecule has 0 saturated carbocycles. The van der Waals surface area contributed by atoms with E-state index in [1.54, 1.807) is 6.08 Å². The summed E-state index contributed by atoms with van der Waals surface area (Å²) in [6.07, 6.45) is 1.77. The van der Waals surface area contributed by atoms with Crippen molar-refractivity contribution in [2.45, 2.75) is 52.0 Å². The van der Waals surface area contributed by atoms with E-state index in [4.69, 9.17) is 8.85 Å². The Morgan fingerprint density at radius 1 is 0.929 bits per heavy atom. The zero-order chi connectivity index (χ0) is 11.6. The summed E-state index contributed by atoms with van der Waals surface area (Å²) >= 11 is 0. The van der Waals surface area contributed by atoms with E-state index in [2.05, 4.69) is 45.9 Å². The topological polar surface area (TPSA) is 18.5 Å². The van der Waals surface area contributed by atoms with Gasteiger partial charge in [0.2, 0.25) is 0 Å². The molecule has 0 saturated heterocycles. The van der Waals surface area contributed by atoms with Gasteiger partial charge in [0.1, 0.15) is 0 Å². The minimum Gasteiger partial charge on any atom is -0.389 e. The SMILES string of the molecule is C=CC(C)(O[Si](C)(C)C)O[Si](C)(C)C. The predicted octanol–water partition coefficient (Wildman–Crippen LogP) is 3.59. The molecule has 4 heteroatoms. The Kier molecular flexibility index (Phi) is 4.33. The van der Waals surface area contributed by atoms with E-state index in [9.17, 15) is 0 Å². The van der Waals surface area contributed by atoms with Crippen LogP contribution in [0.2, 0.25) is 39.3 Å². The van der Waals surface area contributed by atoms with E-state index < -0.39 is 22.4 Å². The van der Waals surface area contributed by atoms with E-state index in [1.165, 1.54) is 0 Å². The minimum atomic E-state index is -1.59. The smallest absolute Gasteiger partial charge is 0.187 e. The molecule has 0 aromatic carbocycles. The number of rotatable bonds is 5. The maximum atomic E-state index is 5.98. The summed E-state index contributed by atoms with van der Waals surface area (Å²) in [5.74, 6) is -0.602. The average molecular weight is 232 g/mol. The van der Waals surface area contributed by atoms with Crippen LogP contribution in [0.5, 0.6) is 0 Å². The van der Waals surface area contributed by atoms with Gasteiger partial charge >= 0.3 is 0 Å². The van der Waals surface area contributed by atoms with Crippen LogP contribution in [0.4, 0.5) is 0 Å². The second kappa shape index (κ2) is 4.30. The molecule has 0 heterocycles. The molecule has 0 aromatic rings. The number of hydrogen-bond donors (Lipinski definition) is 0. The molecule has 0 unspecified atom stereocenters. The predicted molar refractivity (Wildman–Crippen MR) is 67.5 cm³/mol. The largest absolute Gasteiger partial charge is 0.389 e. The highest BCUT2D eigenvalue weighted by atomic mass is 28.4. The van der Waals surface area contributed by atoms with Crippen molar-refractivity contribution in [3.8, 4) is 0 Å². The maximum absolute atomic E-state index is 5.98. The fraction of sp³-hybridized carbons (Fsp3) is 0.800. The van der Waals surface area contributed by atoms with Gasteiger partial charge in [-0.1, -0.05) is 6.58 Å². The van der Waals surface area contributed by atoms with Crippen LogP contribution in [0.15, 0.2) is 12.7 Å². The molecule has 0 aromatic heterocycles. The van der Waals surface area contributed by atoms with Crippen LogP contribution >= 0.6 is 0 Å². The molecule has 0 bridgehead atoms. The van der Waals surface area contributed by atoms with Crippen LogP contribution in [0.1, 0.15) is 6.92 Å². The second-order valence-corrected chi connectivity index (χ2v) is 14.5. The molecule has 0 atom stereocenters. The molecule has 84 valence electrons. The van der Waals surface area contributed by atoms with E-state index in [0.29, 0.717) is 0 Å². The summed E-state index contributed by atoms with van der Waals surface area (Å²) in [4.78, 5) is 0. The fourth-order valence-electron chi connectivity index (χ4n) is 1.32. The molecular formula is C10H24O2Si2. The zero-order valence-corrected chi connectivity index (χ0v) is 12.6. The Morgan fingerprint density at radius 2 is 1.21 bits per heavy atom. The molecule has 0 radical (unpaired) electrons. The molecule has 0 fully saturated rings. The third-order valence-electron chi connectivity index (χ3n) is 1.39. The quantitative estimate of drug-likeness (QED) is 0.410. The molecule has 0 aliphatic heterocycles. The first-order valence-electron chi connectivity index (χ1n) is 5.01. The molecule has 0 rings (SSSR count). The Morgan fingerprint density at radius 3 is 1.36 bits per heavy atom. The van der Waals surface area contributed by atoms with Crippen molar-refractivity contribution >= 4 is 16.6 Å². The van der Waals surface area contributed by atoms with Crippen LogP contribution in [0.25, 0.3) is 0 Å². The van der Waals surface area contributed by atoms with Crippen LogP contribution < -0.4 is 0 Å². The second-order valence-electron chi connectivity index (χ2n) is 5.65. The first kappa shape index (κ1) is 14.1. The van der Waals surface area contributed by atoms with Crippen molar-refractivity contribution in [1.82, 2.24) is 0 Å². The van der Waals surface area contributed by atoms with Crippen molar-refractivity contribution in [3.05, 3.63) is 12.7 Å². The summed E-state index contributed by atoms with van der Waals surface area (Å²) in [7, 11) is -3.17. The molecule has 14 heavy (non-hydrogen) atoms. The zero-order valence-electron chi connectivity index (χ0n) is 10.6. The lowest BCUT2D eigenvalue weighted by Gasteiger charge is -2.38. The Bertz CT molecular complexity index is 185. The van der Waals surface area contributed by atoms with Crippen LogP contribution in [0, 0.1) is 0 Å². The molecule has 0 spiro atoms. The molecule has 2 nitrogen and oxygen atoms in total. The van der Waals surface area contributed by atoms with Crippen molar-refractivity contribution in [2.75, 3.05) is 0 Å². The van der Waals surface area contributed by atoms with Gasteiger partial charge in [-0.2, -0.15) is 0 Å². The van der Waals surface area contributed by atoms with E-state index in [0.717, 1.165) is 0 Å². The third kappa shape index (κ3) is 6.53. The van der Waals surface area contributed by atoms with E-state index in [1.807, 2.05) is 6.92 Å². The minimum absolute atomic E-state index is 0.602. The standard InChI is InChI=1S/C10H24O2Si2/c1-9-10(2,11-13(3,4)5)12-14(6,7)8/h9H,1H2,2-8H3. The van der Waals surface area contributed by atoms with E-state index >= 15 is 0 Å². The lowest BCUT2D eigenvalue weighted by Crippen LogP contribution is -2.46. The van der Waals surface area contributed by atoms with Gasteiger partial charge in [-0.15, -0.1) is 0 Å². The molecule has 0 aliphatic carbocycles. The first-order chi connectivity index (χ1) is 5.97. The monoisotopic (exact) mass is 232 g/mol. The van der Waals surface area contributed by atoms with Gasteiger partial charge in [-0.25, -0.2) is 0 Å². The van der Waals surface area contributed by atoms with Crippen LogP contribution in [0.3, 0.4) is 0 Å². The van der Waals surface area contributed by atoms with Gasteiger partial charge in [0.25, 0.3) is 0 Å². The van der Waals surface area contributed by atoms with Crippen molar-refractivity contribution in [2.24, 2.45) is 0 Å². The average Bonchev–Trinajstić information content (AvgIpc) is 1.78. The van der Waals surface area contributed by atoms with Gasteiger partial charge in [0.15, 0.2) is 22.4 Å². The summed E-state index contributed by atoms with van der Waals surface area (Å²) in [6.45, 7) is 18.7. The number of hydrogen-bond acceptors (Lipinski definition) is 2.